The molecule has 0 amide bonds. The Bertz CT molecular complexity index is 1100. The summed E-state index contributed by atoms with van der Waals surface area (Å²) in [4.78, 5) is 29.9. The Morgan fingerprint density at radius 1 is 0.338 bits per heavy atom. The van der Waals surface area contributed by atoms with Crippen LogP contribution in [0.15, 0.2) is 0 Å². The largest absolute Gasteiger partial charge is 0.466 e. The van der Waals surface area contributed by atoms with Gasteiger partial charge in [-0.1, -0.05) is 259 Å². The number of hydrogen-bond acceptors (Lipinski definition) is 11. The Balaban J connectivity index is 4.63. The van der Waals surface area contributed by atoms with Gasteiger partial charge in [-0.2, -0.15) is 0 Å². The van der Waals surface area contributed by atoms with Crippen molar-refractivity contribution in [1.82, 2.24) is 9.80 Å². The van der Waals surface area contributed by atoms with Crippen LogP contribution < -0.4 is 0 Å². The molecule has 4 atom stereocenters. The molecule has 0 bridgehead atoms. The third kappa shape index (κ3) is 55.0. The molecule has 11 heteroatoms. The summed E-state index contributed by atoms with van der Waals surface area (Å²) in [5.41, 5.74) is -1.56. The van der Waals surface area contributed by atoms with Gasteiger partial charge in [0, 0.05) is 26.2 Å². The molecule has 0 aromatic heterocycles. The van der Waals surface area contributed by atoms with Crippen molar-refractivity contribution in [3.63, 3.8) is 0 Å². The average Bonchev–Trinajstić information content (AvgIpc) is 3.38. The lowest BCUT2D eigenvalue weighted by molar-refractivity contribution is -0.154. The van der Waals surface area contributed by atoms with E-state index in [2.05, 4.69) is 37.5 Å². The molecule has 460 valence electrons. The van der Waals surface area contributed by atoms with Gasteiger partial charge < -0.3 is 35.0 Å². The first kappa shape index (κ1) is 75.7. The number of aliphatic hydroxyl groups excluding tert-OH is 4. The van der Waals surface area contributed by atoms with E-state index in [0.29, 0.717) is 39.0 Å². The van der Waals surface area contributed by atoms with Gasteiger partial charge in [-0.05, 0) is 71.4 Å². The van der Waals surface area contributed by atoms with Crippen molar-refractivity contribution in [1.29, 1.82) is 0 Å². The van der Waals surface area contributed by atoms with E-state index < -0.39 is 17.5 Å². The van der Waals surface area contributed by atoms with Crippen LogP contribution in [0.1, 0.15) is 330 Å². The second-order valence-corrected chi connectivity index (χ2v) is 24.3. The van der Waals surface area contributed by atoms with E-state index in [4.69, 9.17) is 9.47 Å². The first-order valence-corrected chi connectivity index (χ1v) is 33.6. The van der Waals surface area contributed by atoms with E-state index in [9.17, 15) is 35.1 Å². The standard InChI is InChI=1S/C66H132N2O9/c1-6-10-14-18-22-26-30-38-46-60(69)56-67(57-61(70)47-39-31-27-23-19-15-11-7-2)50-42-34-36-44-52-76-64(73)54-66(5,75)55-65(74)77-53-45-37-35-43-51-68(58-62(71)48-40-32-28-24-20-16-12-8-3)59-63(72)49-41-33-29-25-21-17-13-9-4/h60-63,69-72,75H,6-59H2,1-5H3. The average molecular weight is 1100 g/mol. The number of nitrogens with zero attached hydrogens (tertiary/aromatic N) is 2. The third-order valence-electron chi connectivity index (χ3n) is 15.8. The number of unbranched alkanes of at least 4 members (excludes halogenated alkanes) is 34. The normalized spacial score (nSPS) is 14.3. The number of carbonyl (C=O) groups is 2. The minimum Gasteiger partial charge on any atom is -0.466 e. The minimum absolute atomic E-state index is 0.259. The van der Waals surface area contributed by atoms with Gasteiger partial charge in [0.1, 0.15) is 0 Å². The van der Waals surface area contributed by atoms with Crippen molar-refractivity contribution in [2.24, 2.45) is 0 Å². The molecular weight excluding hydrogens is 965 g/mol. The summed E-state index contributed by atoms with van der Waals surface area (Å²) in [6.07, 6.45) is 48.0. The van der Waals surface area contributed by atoms with Gasteiger partial charge in [0.25, 0.3) is 0 Å². The van der Waals surface area contributed by atoms with Crippen LogP contribution in [0.4, 0.5) is 0 Å². The van der Waals surface area contributed by atoms with E-state index in [1.54, 1.807) is 0 Å². The number of carbonyl (C=O) groups excluding carboxylic acids is 2. The third-order valence-corrected chi connectivity index (χ3v) is 15.8. The highest BCUT2D eigenvalue weighted by Crippen LogP contribution is 2.20. The Morgan fingerprint density at radius 3 is 0.792 bits per heavy atom. The molecule has 0 saturated carbocycles. The predicted octanol–water partition coefficient (Wildman–Crippen LogP) is 15.9. The Kier molecular flexibility index (Phi) is 55.5. The summed E-state index contributed by atoms with van der Waals surface area (Å²) in [7, 11) is 0. The molecule has 0 aliphatic rings. The van der Waals surface area contributed by atoms with Crippen LogP contribution in [0.3, 0.4) is 0 Å². The molecule has 0 radical (unpaired) electrons. The summed E-state index contributed by atoms with van der Waals surface area (Å²) in [5, 5.41) is 54.8. The van der Waals surface area contributed by atoms with Gasteiger partial charge in [-0.15, -0.1) is 0 Å². The monoisotopic (exact) mass is 1100 g/mol. The van der Waals surface area contributed by atoms with Crippen LogP contribution in [0.25, 0.3) is 0 Å². The van der Waals surface area contributed by atoms with E-state index in [1.807, 2.05) is 0 Å². The highest BCUT2D eigenvalue weighted by molar-refractivity contribution is 5.74. The van der Waals surface area contributed by atoms with Gasteiger partial charge in [-0.3, -0.25) is 19.4 Å². The van der Waals surface area contributed by atoms with Gasteiger partial charge >= 0.3 is 11.9 Å². The quantitative estimate of drug-likeness (QED) is 0.0291. The smallest absolute Gasteiger partial charge is 0.308 e. The highest BCUT2D eigenvalue weighted by Gasteiger charge is 2.29. The zero-order valence-corrected chi connectivity index (χ0v) is 51.8. The van der Waals surface area contributed by atoms with Gasteiger partial charge in [-0.25, -0.2) is 0 Å². The molecule has 0 rings (SSSR count). The van der Waals surface area contributed by atoms with Crippen LogP contribution in [0.2, 0.25) is 0 Å². The first-order valence-electron chi connectivity index (χ1n) is 33.6. The Labute approximate surface area is 477 Å². The molecule has 4 unspecified atom stereocenters. The van der Waals surface area contributed by atoms with Crippen molar-refractivity contribution >= 4 is 11.9 Å². The van der Waals surface area contributed by atoms with E-state index in [0.717, 1.165) is 103 Å². The topological polar surface area (TPSA) is 160 Å². The van der Waals surface area contributed by atoms with Crippen LogP contribution >= 0.6 is 0 Å². The molecule has 0 aliphatic heterocycles. The van der Waals surface area contributed by atoms with Gasteiger partial charge in [0.2, 0.25) is 0 Å². The fourth-order valence-corrected chi connectivity index (χ4v) is 10.9. The van der Waals surface area contributed by atoms with Gasteiger partial charge in [0.15, 0.2) is 0 Å². The molecule has 0 saturated heterocycles. The fraction of sp³-hybridized carbons (Fsp3) is 0.970. The second-order valence-electron chi connectivity index (χ2n) is 24.3. The maximum absolute atomic E-state index is 12.7. The first-order chi connectivity index (χ1) is 37.3. The lowest BCUT2D eigenvalue weighted by Gasteiger charge is -2.27. The molecule has 0 aromatic rings. The molecule has 0 aliphatic carbocycles. The summed E-state index contributed by atoms with van der Waals surface area (Å²) in [6.45, 7) is 15.0. The lowest BCUT2D eigenvalue weighted by atomic mass is 9.98. The van der Waals surface area contributed by atoms with Crippen molar-refractivity contribution < 1.29 is 44.6 Å². The summed E-state index contributed by atoms with van der Waals surface area (Å²) in [5.74, 6) is -1.05. The maximum atomic E-state index is 12.7. The van der Waals surface area contributed by atoms with Crippen molar-refractivity contribution in [2.75, 3.05) is 52.5 Å². The number of esters is 2. The Morgan fingerprint density at radius 2 is 0.545 bits per heavy atom. The number of hydrogen-bond donors (Lipinski definition) is 5. The molecule has 77 heavy (non-hydrogen) atoms. The van der Waals surface area contributed by atoms with E-state index in [1.165, 1.54) is 187 Å². The van der Waals surface area contributed by atoms with Crippen LogP contribution in [0.5, 0.6) is 0 Å². The molecule has 11 nitrogen and oxygen atoms in total. The van der Waals surface area contributed by atoms with E-state index in [-0.39, 0.29) is 50.5 Å². The van der Waals surface area contributed by atoms with Crippen molar-refractivity contribution in [2.45, 2.75) is 360 Å². The van der Waals surface area contributed by atoms with Crippen molar-refractivity contribution in [3.8, 4) is 0 Å². The lowest BCUT2D eigenvalue weighted by Crippen LogP contribution is -2.38. The van der Waals surface area contributed by atoms with Crippen LogP contribution in [-0.2, 0) is 19.1 Å². The SMILES string of the molecule is CCCCCCCCCCC(O)CN(CCCCCCOC(=O)CC(C)(O)CC(=O)OCCCCCCN(CC(O)CCCCCCCCCC)CC(O)CCCCCCCCCC)CC(O)CCCCCCCCCC. The minimum atomic E-state index is -1.56. The zero-order chi connectivity index (χ0) is 56.7. The number of aliphatic hydroxyl groups is 5. The molecule has 0 fully saturated rings. The van der Waals surface area contributed by atoms with E-state index >= 15 is 0 Å². The zero-order valence-electron chi connectivity index (χ0n) is 51.8. The highest BCUT2D eigenvalue weighted by atomic mass is 16.5. The summed E-state index contributed by atoms with van der Waals surface area (Å²) in [6, 6.07) is 0. The fourth-order valence-electron chi connectivity index (χ4n) is 10.9. The Hall–Kier alpha value is -1.34. The predicted molar refractivity (Wildman–Crippen MR) is 325 cm³/mol. The summed E-state index contributed by atoms with van der Waals surface area (Å²) < 4.78 is 10.9. The number of rotatable bonds is 62. The molecule has 5 N–H and O–H groups in total. The number of ether oxygens (including phenoxy) is 2. The molecule has 0 heterocycles. The van der Waals surface area contributed by atoms with Crippen LogP contribution in [-0.4, -0.2) is 130 Å². The van der Waals surface area contributed by atoms with Crippen LogP contribution in [0, 0.1) is 0 Å². The second kappa shape index (κ2) is 56.5. The van der Waals surface area contributed by atoms with Crippen molar-refractivity contribution in [3.05, 3.63) is 0 Å². The maximum Gasteiger partial charge on any atom is 0.308 e. The van der Waals surface area contributed by atoms with Gasteiger partial charge in [0.05, 0.1) is 56.1 Å². The molecule has 0 aromatic carbocycles. The molecule has 0 spiro atoms. The summed E-state index contributed by atoms with van der Waals surface area (Å²) >= 11 is 0. The molecular formula is C66H132N2O9.